The fourth-order valence-electron chi connectivity index (χ4n) is 1.73. The number of carboxylic acids is 1. The zero-order valence-electron chi connectivity index (χ0n) is 9.67. The smallest absolute Gasteiger partial charge is 0.331 e. The number of aromatic nitrogens is 2. The number of nitrogens with two attached hydrogens (primary N) is 1. The molecule has 92 valence electrons. The van der Waals surface area contributed by atoms with E-state index in [4.69, 9.17) is 10.8 Å². The van der Waals surface area contributed by atoms with E-state index in [1.165, 1.54) is 12.8 Å². The highest BCUT2D eigenvalue weighted by Crippen LogP contribution is 2.34. The number of hydrogen-bond donors (Lipinski definition) is 2. The van der Waals surface area contributed by atoms with Crippen molar-refractivity contribution in [1.29, 1.82) is 0 Å². The Morgan fingerprint density at radius 1 is 1.65 bits per heavy atom. The van der Waals surface area contributed by atoms with Crippen LogP contribution in [0.2, 0.25) is 0 Å². The molecule has 17 heavy (non-hydrogen) atoms. The Labute approximate surface area is 100.0 Å². The first-order chi connectivity index (χ1) is 8.20. The Balaban J connectivity index is 2.02. The van der Waals surface area contributed by atoms with Gasteiger partial charge in [0.25, 0.3) is 0 Å². The first kappa shape index (κ1) is 11.9. The van der Waals surface area contributed by atoms with Gasteiger partial charge in [-0.2, -0.15) is 0 Å². The molecule has 0 spiro atoms. The maximum absolute atomic E-state index is 11.0. The summed E-state index contributed by atoms with van der Waals surface area (Å²) < 4.78 is 2.07. The summed E-state index contributed by atoms with van der Waals surface area (Å²) in [6.07, 6.45) is 8.76. The molecule has 1 fully saturated rings. The molecule has 3 N–H and O–H groups in total. The predicted molar refractivity (Wildman–Crippen MR) is 63.6 cm³/mol. The van der Waals surface area contributed by atoms with Crippen LogP contribution >= 0.6 is 0 Å². The zero-order chi connectivity index (χ0) is 12.3. The second kappa shape index (κ2) is 5.14. The lowest BCUT2D eigenvalue weighted by Gasteiger charge is -1.99. The molecule has 1 heterocycles. The van der Waals surface area contributed by atoms with E-state index >= 15 is 0 Å². The summed E-state index contributed by atoms with van der Waals surface area (Å²) in [4.78, 5) is 15.3. The topological polar surface area (TPSA) is 81.1 Å². The van der Waals surface area contributed by atoms with Crippen LogP contribution < -0.4 is 5.73 Å². The molecule has 2 rings (SSSR count). The van der Waals surface area contributed by atoms with Crippen LogP contribution in [-0.2, 0) is 11.2 Å². The molecule has 1 saturated carbocycles. The number of aliphatic carboxylic acids is 1. The lowest BCUT2D eigenvalue weighted by molar-refractivity contribution is -0.132. The van der Waals surface area contributed by atoms with Gasteiger partial charge in [0.05, 0.1) is 12.0 Å². The van der Waals surface area contributed by atoms with Gasteiger partial charge in [-0.05, 0) is 25.8 Å². The van der Waals surface area contributed by atoms with E-state index in [-0.39, 0.29) is 0 Å². The number of hydrogen-bond acceptors (Lipinski definition) is 3. The highest BCUT2D eigenvalue weighted by atomic mass is 16.4. The third-order valence-electron chi connectivity index (χ3n) is 2.83. The summed E-state index contributed by atoms with van der Waals surface area (Å²) >= 11 is 0. The van der Waals surface area contributed by atoms with Crippen LogP contribution in [0.15, 0.2) is 24.2 Å². The summed E-state index contributed by atoms with van der Waals surface area (Å²) in [6.45, 7) is 0.466. The van der Waals surface area contributed by atoms with Gasteiger partial charge in [0, 0.05) is 24.2 Å². The third-order valence-corrected chi connectivity index (χ3v) is 2.83. The normalized spacial score (nSPS) is 16.2. The standard InChI is InChI=1S/C12H17N3O2/c13-5-1-2-9(12(16)17)6-10-7-15(8-14-10)11-3-4-11/h2,7-8,11H,1,3-6,13H2,(H,16,17)/b9-2-. The summed E-state index contributed by atoms with van der Waals surface area (Å²) in [7, 11) is 0. The fraction of sp³-hybridized carbons (Fsp3) is 0.500. The van der Waals surface area contributed by atoms with Crippen LogP contribution in [0.25, 0.3) is 0 Å². The van der Waals surface area contributed by atoms with Gasteiger partial charge in [-0.15, -0.1) is 0 Å². The summed E-state index contributed by atoms with van der Waals surface area (Å²) in [5.41, 5.74) is 6.54. The number of carbonyl (C=O) groups is 1. The predicted octanol–water partition coefficient (Wildman–Crippen LogP) is 1.12. The molecule has 1 aromatic rings. The molecule has 0 unspecified atom stereocenters. The molecular weight excluding hydrogens is 218 g/mol. The lowest BCUT2D eigenvalue weighted by Crippen LogP contribution is -2.06. The average Bonchev–Trinajstić information content (AvgIpc) is 3.05. The highest BCUT2D eigenvalue weighted by Gasteiger charge is 2.23. The minimum absolute atomic E-state index is 0.370. The maximum Gasteiger partial charge on any atom is 0.331 e. The van der Waals surface area contributed by atoms with Crippen molar-refractivity contribution in [1.82, 2.24) is 9.55 Å². The molecule has 0 bridgehead atoms. The summed E-state index contributed by atoms with van der Waals surface area (Å²) in [5.74, 6) is -0.889. The van der Waals surface area contributed by atoms with Gasteiger partial charge >= 0.3 is 5.97 Å². The molecular formula is C12H17N3O2. The Morgan fingerprint density at radius 3 is 3.00 bits per heavy atom. The molecule has 1 aliphatic carbocycles. The van der Waals surface area contributed by atoms with Crippen molar-refractivity contribution >= 4 is 5.97 Å². The Morgan fingerprint density at radius 2 is 2.41 bits per heavy atom. The van der Waals surface area contributed by atoms with E-state index in [0.29, 0.717) is 31.0 Å². The quantitative estimate of drug-likeness (QED) is 0.724. The Bertz CT molecular complexity index is 433. The summed E-state index contributed by atoms with van der Waals surface area (Å²) in [5, 5.41) is 9.05. The SMILES string of the molecule is NCC/C=C(/Cc1cn(C2CC2)cn1)C(=O)O. The molecule has 0 amide bonds. The van der Waals surface area contributed by atoms with Gasteiger partial charge in [0.15, 0.2) is 0 Å². The van der Waals surface area contributed by atoms with E-state index in [1.807, 2.05) is 6.20 Å². The van der Waals surface area contributed by atoms with Crippen LogP contribution in [-0.4, -0.2) is 27.2 Å². The average molecular weight is 235 g/mol. The zero-order valence-corrected chi connectivity index (χ0v) is 9.67. The van der Waals surface area contributed by atoms with Crippen molar-refractivity contribution < 1.29 is 9.90 Å². The minimum Gasteiger partial charge on any atom is -0.478 e. The van der Waals surface area contributed by atoms with Crippen molar-refractivity contribution in [3.8, 4) is 0 Å². The van der Waals surface area contributed by atoms with Gasteiger partial charge in [-0.25, -0.2) is 9.78 Å². The van der Waals surface area contributed by atoms with E-state index in [2.05, 4.69) is 9.55 Å². The molecule has 0 atom stereocenters. The van der Waals surface area contributed by atoms with Crippen molar-refractivity contribution in [2.24, 2.45) is 5.73 Å². The Kier molecular flexibility index (Phi) is 3.58. The molecule has 1 aliphatic rings. The van der Waals surface area contributed by atoms with Crippen LogP contribution in [0.5, 0.6) is 0 Å². The number of nitrogens with zero attached hydrogens (tertiary/aromatic N) is 2. The van der Waals surface area contributed by atoms with Crippen molar-refractivity contribution in [2.45, 2.75) is 31.7 Å². The van der Waals surface area contributed by atoms with Gasteiger partial charge in [0.1, 0.15) is 0 Å². The van der Waals surface area contributed by atoms with Crippen LogP contribution in [0, 0.1) is 0 Å². The Hall–Kier alpha value is -1.62. The lowest BCUT2D eigenvalue weighted by atomic mass is 10.1. The van der Waals surface area contributed by atoms with Crippen molar-refractivity contribution in [3.05, 3.63) is 29.9 Å². The fourth-order valence-corrected chi connectivity index (χ4v) is 1.73. The van der Waals surface area contributed by atoms with Crippen molar-refractivity contribution in [2.75, 3.05) is 6.54 Å². The molecule has 5 heteroatoms. The van der Waals surface area contributed by atoms with Gasteiger partial charge < -0.3 is 15.4 Å². The number of imidazole rings is 1. The molecule has 0 aliphatic heterocycles. The van der Waals surface area contributed by atoms with Gasteiger partial charge in [-0.3, -0.25) is 0 Å². The highest BCUT2D eigenvalue weighted by molar-refractivity contribution is 5.86. The second-order valence-corrected chi connectivity index (χ2v) is 4.33. The number of carboxylic acid groups (broad SMARTS) is 1. The molecule has 0 aromatic carbocycles. The molecule has 0 saturated heterocycles. The van der Waals surface area contributed by atoms with E-state index in [0.717, 1.165) is 5.69 Å². The first-order valence-corrected chi connectivity index (χ1v) is 5.85. The largest absolute Gasteiger partial charge is 0.478 e. The van der Waals surface area contributed by atoms with Crippen LogP contribution in [0.3, 0.4) is 0 Å². The maximum atomic E-state index is 11.0. The molecule has 0 radical (unpaired) electrons. The van der Waals surface area contributed by atoms with E-state index in [1.54, 1.807) is 12.4 Å². The minimum atomic E-state index is -0.889. The van der Waals surface area contributed by atoms with Crippen LogP contribution in [0.1, 0.15) is 31.0 Å². The van der Waals surface area contributed by atoms with E-state index < -0.39 is 5.97 Å². The van der Waals surface area contributed by atoms with Gasteiger partial charge in [-0.1, -0.05) is 6.08 Å². The van der Waals surface area contributed by atoms with E-state index in [9.17, 15) is 4.79 Å². The third kappa shape index (κ3) is 3.17. The van der Waals surface area contributed by atoms with Crippen molar-refractivity contribution in [3.63, 3.8) is 0 Å². The summed E-state index contributed by atoms with van der Waals surface area (Å²) in [6, 6.07) is 0.581. The molecule has 5 nitrogen and oxygen atoms in total. The second-order valence-electron chi connectivity index (χ2n) is 4.33. The molecule has 1 aromatic heterocycles. The monoisotopic (exact) mass is 235 g/mol. The number of rotatable bonds is 6. The van der Waals surface area contributed by atoms with Gasteiger partial charge in [0.2, 0.25) is 0 Å². The first-order valence-electron chi connectivity index (χ1n) is 5.85. The van der Waals surface area contributed by atoms with Crippen LogP contribution in [0.4, 0.5) is 0 Å².